The maximum atomic E-state index is 4.84. The number of nitrogens with zero attached hydrogens (tertiary/aromatic N) is 7. The second kappa shape index (κ2) is 10.8. The fraction of sp³-hybridized carbons (Fsp3) is 0.571. The summed E-state index contributed by atoms with van der Waals surface area (Å²) in [4.78, 5) is 20.5. The van der Waals surface area contributed by atoms with Crippen LogP contribution in [-0.2, 0) is 13.6 Å². The van der Waals surface area contributed by atoms with Crippen LogP contribution in [-0.4, -0.2) is 83.2 Å². The van der Waals surface area contributed by atoms with Gasteiger partial charge in [0.1, 0.15) is 0 Å². The molecule has 1 saturated heterocycles. The largest absolute Gasteiger partial charge is 0.357 e. The summed E-state index contributed by atoms with van der Waals surface area (Å²) in [5.74, 6) is 1.81. The van der Waals surface area contributed by atoms with E-state index >= 15 is 0 Å². The van der Waals surface area contributed by atoms with Gasteiger partial charge in [0, 0.05) is 84.2 Å². The number of aliphatic imine (C=N–C) groups is 1. The van der Waals surface area contributed by atoms with E-state index < -0.39 is 0 Å². The Morgan fingerprint density at radius 2 is 1.93 bits per heavy atom. The molecule has 0 aromatic carbocycles. The predicted molar refractivity (Wildman–Crippen MR) is 118 cm³/mol. The van der Waals surface area contributed by atoms with E-state index in [1.54, 1.807) is 0 Å². The third-order valence-electron chi connectivity index (χ3n) is 5.25. The zero-order valence-electron chi connectivity index (χ0n) is 18.0. The lowest BCUT2D eigenvalue weighted by molar-refractivity contribution is 0.255. The van der Waals surface area contributed by atoms with Crippen LogP contribution >= 0.6 is 0 Å². The predicted octanol–water partition coefficient (Wildman–Crippen LogP) is 1.42. The van der Waals surface area contributed by atoms with Crippen molar-refractivity contribution in [2.24, 2.45) is 12.0 Å². The Balaban J connectivity index is 1.41. The molecule has 1 aliphatic heterocycles. The molecule has 3 heterocycles. The van der Waals surface area contributed by atoms with E-state index in [9.17, 15) is 0 Å². The van der Waals surface area contributed by atoms with Gasteiger partial charge in [-0.15, -0.1) is 0 Å². The molecule has 0 spiro atoms. The molecule has 0 atom stereocenters. The number of hydrogen-bond donors (Lipinski definition) is 1. The van der Waals surface area contributed by atoms with Crippen LogP contribution in [0.4, 0.5) is 5.95 Å². The lowest BCUT2D eigenvalue weighted by Gasteiger charge is -2.34. The SMILES string of the molecule is CCNC(=NCCCN1CCN(c2ncccn2)CC1)N(C)Cc1cccn1C. The van der Waals surface area contributed by atoms with Gasteiger partial charge in [0.2, 0.25) is 5.95 Å². The van der Waals surface area contributed by atoms with Gasteiger partial charge in [-0.25, -0.2) is 9.97 Å². The van der Waals surface area contributed by atoms with Crippen molar-refractivity contribution in [1.29, 1.82) is 0 Å². The molecule has 0 amide bonds. The number of rotatable bonds is 8. The van der Waals surface area contributed by atoms with Gasteiger partial charge >= 0.3 is 0 Å². The zero-order valence-corrected chi connectivity index (χ0v) is 18.0. The van der Waals surface area contributed by atoms with Crippen LogP contribution in [0.3, 0.4) is 0 Å². The second-order valence-electron chi connectivity index (χ2n) is 7.43. The highest BCUT2D eigenvalue weighted by atomic mass is 15.3. The quantitative estimate of drug-likeness (QED) is 0.412. The van der Waals surface area contributed by atoms with Crippen molar-refractivity contribution in [3.63, 3.8) is 0 Å². The minimum absolute atomic E-state index is 0.835. The summed E-state index contributed by atoms with van der Waals surface area (Å²) >= 11 is 0. The molecule has 8 nitrogen and oxygen atoms in total. The van der Waals surface area contributed by atoms with Crippen LogP contribution in [0.25, 0.3) is 0 Å². The lowest BCUT2D eigenvalue weighted by atomic mass is 10.3. The van der Waals surface area contributed by atoms with Crippen molar-refractivity contribution in [2.45, 2.75) is 19.9 Å². The first-order valence-electron chi connectivity index (χ1n) is 10.5. The number of hydrogen-bond acceptors (Lipinski definition) is 5. The molecule has 2 aromatic heterocycles. The van der Waals surface area contributed by atoms with Gasteiger partial charge in [-0.05, 0) is 31.5 Å². The van der Waals surface area contributed by atoms with E-state index in [1.165, 1.54) is 5.69 Å². The molecular weight excluding hydrogens is 364 g/mol. The van der Waals surface area contributed by atoms with Gasteiger partial charge in [-0.1, -0.05) is 0 Å². The average Bonchev–Trinajstić information content (AvgIpc) is 3.15. The number of piperazine rings is 1. The minimum atomic E-state index is 0.835. The summed E-state index contributed by atoms with van der Waals surface area (Å²) < 4.78 is 2.15. The molecule has 158 valence electrons. The van der Waals surface area contributed by atoms with Crippen molar-refractivity contribution in [2.75, 3.05) is 57.8 Å². The lowest BCUT2D eigenvalue weighted by Crippen LogP contribution is -2.47. The average molecular weight is 399 g/mol. The van der Waals surface area contributed by atoms with E-state index in [1.807, 2.05) is 18.5 Å². The van der Waals surface area contributed by atoms with Crippen LogP contribution in [0.1, 0.15) is 19.0 Å². The smallest absolute Gasteiger partial charge is 0.225 e. The van der Waals surface area contributed by atoms with E-state index in [2.05, 4.69) is 73.9 Å². The normalized spacial score (nSPS) is 15.6. The summed E-state index contributed by atoms with van der Waals surface area (Å²) in [5.41, 5.74) is 1.28. The van der Waals surface area contributed by atoms with E-state index in [0.717, 1.165) is 70.7 Å². The Morgan fingerprint density at radius 1 is 1.17 bits per heavy atom. The number of anilines is 1. The van der Waals surface area contributed by atoms with Crippen molar-refractivity contribution >= 4 is 11.9 Å². The van der Waals surface area contributed by atoms with E-state index in [-0.39, 0.29) is 0 Å². The van der Waals surface area contributed by atoms with Crippen LogP contribution in [0.5, 0.6) is 0 Å². The molecular formula is C21H34N8. The van der Waals surface area contributed by atoms with Gasteiger partial charge in [-0.2, -0.15) is 0 Å². The molecule has 1 N–H and O–H groups in total. The minimum Gasteiger partial charge on any atom is -0.357 e. The number of aryl methyl sites for hydroxylation is 1. The Hall–Kier alpha value is -2.61. The van der Waals surface area contributed by atoms with Crippen LogP contribution < -0.4 is 10.2 Å². The molecule has 8 heteroatoms. The summed E-state index contributed by atoms with van der Waals surface area (Å²) in [7, 11) is 4.18. The summed E-state index contributed by atoms with van der Waals surface area (Å²) in [6, 6.07) is 6.09. The number of guanidine groups is 1. The first kappa shape index (κ1) is 21.1. The number of aromatic nitrogens is 3. The van der Waals surface area contributed by atoms with Gasteiger partial charge in [0.25, 0.3) is 0 Å². The molecule has 3 rings (SSSR count). The molecule has 1 aliphatic rings. The fourth-order valence-corrected chi connectivity index (χ4v) is 3.55. The second-order valence-corrected chi connectivity index (χ2v) is 7.43. The van der Waals surface area contributed by atoms with E-state index in [0.29, 0.717) is 0 Å². The molecule has 2 aromatic rings. The molecule has 0 radical (unpaired) electrons. The Labute approximate surface area is 174 Å². The summed E-state index contributed by atoms with van der Waals surface area (Å²) in [6.45, 7) is 9.81. The zero-order chi connectivity index (χ0) is 20.5. The highest BCUT2D eigenvalue weighted by molar-refractivity contribution is 5.79. The Bertz CT molecular complexity index is 749. The molecule has 0 saturated carbocycles. The molecule has 0 bridgehead atoms. The molecule has 0 unspecified atom stereocenters. The third kappa shape index (κ3) is 6.19. The van der Waals surface area contributed by atoms with Gasteiger partial charge < -0.3 is 19.7 Å². The maximum absolute atomic E-state index is 4.84. The highest BCUT2D eigenvalue weighted by Crippen LogP contribution is 2.10. The van der Waals surface area contributed by atoms with Gasteiger partial charge in [0.05, 0.1) is 6.54 Å². The first-order valence-corrected chi connectivity index (χ1v) is 10.5. The standard InChI is InChI=1S/C21H34N8/c1-4-22-20(27(3)18-19-8-5-12-26(19)2)23-11-7-13-28-14-16-29(17-15-28)21-24-9-6-10-25-21/h5-6,8-10,12H,4,7,11,13-18H2,1-3H3,(H,22,23). The van der Waals surface area contributed by atoms with E-state index in [4.69, 9.17) is 4.99 Å². The number of nitrogens with one attached hydrogen (secondary N) is 1. The monoisotopic (exact) mass is 398 g/mol. The fourth-order valence-electron chi connectivity index (χ4n) is 3.55. The van der Waals surface area contributed by atoms with Crippen LogP contribution in [0.2, 0.25) is 0 Å². The molecule has 0 aliphatic carbocycles. The topological polar surface area (TPSA) is 64.8 Å². The third-order valence-corrected chi connectivity index (χ3v) is 5.25. The Kier molecular flexibility index (Phi) is 7.86. The Morgan fingerprint density at radius 3 is 2.59 bits per heavy atom. The first-order chi connectivity index (χ1) is 14.2. The van der Waals surface area contributed by atoms with Crippen LogP contribution in [0, 0.1) is 0 Å². The molecule has 1 fully saturated rings. The van der Waals surface area contributed by atoms with Crippen molar-refractivity contribution in [1.82, 2.24) is 29.7 Å². The summed E-state index contributed by atoms with van der Waals surface area (Å²) in [5, 5.41) is 3.41. The van der Waals surface area contributed by atoms with Gasteiger partial charge in [0.15, 0.2) is 5.96 Å². The summed E-state index contributed by atoms with van der Waals surface area (Å²) in [6.07, 6.45) is 6.76. The van der Waals surface area contributed by atoms with Gasteiger partial charge in [-0.3, -0.25) is 9.89 Å². The molecule has 29 heavy (non-hydrogen) atoms. The van der Waals surface area contributed by atoms with Crippen molar-refractivity contribution < 1.29 is 0 Å². The maximum Gasteiger partial charge on any atom is 0.225 e. The highest BCUT2D eigenvalue weighted by Gasteiger charge is 2.18. The van der Waals surface area contributed by atoms with Crippen molar-refractivity contribution in [3.8, 4) is 0 Å². The van der Waals surface area contributed by atoms with Crippen LogP contribution in [0.15, 0.2) is 41.8 Å². The van der Waals surface area contributed by atoms with Crippen molar-refractivity contribution in [3.05, 3.63) is 42.5 Å².